The smallest absolute Gasteiger partial charge is 0.334 e. The van der Waals surface area contributed by atoms with E-state index in [2.05, 4.69) is 5.92 Å². The number of terminal acetylenes is 1. The molecule has 7 heteroatoms. The number of carbonyl (C=O) groups is 1. The molecule has 2 rings (SSSR count). The van der Waals surface area contributed by atoms with Crippen LogP contribution in [0, 0.1) is 29.6 Å². The van der Waals surface area contributed by atoms with Gasteiger partial charge in [-0.05, 0) is 24.3 Å². The number of esters is 1. The molecule has 0 aliphatic heterocycles. The molecule has 1 aromatic heterocycles. The van der Waals surface area contributed by atoms with Crippen molar-refractivity contribution in [2.24, 2.45) is 17.3 Å². The summed E-state index contributed by atoms with van der Waals surface area (Å²) in [6.45, 7) is 4.60. The minimum Gasteiger partial charge on any atom is -0.493 e. The summed E-state index contributed by atoms with van der Waals surface area (Å²) in [4.78, 5) is 24.1. The second-order valence-electron chi connectivity index (χ2n) is 6.20. The second-order valence-corrected chi connectivity index (χ2v) is 6.20. The number of halogens is 1. The van der Waals surface area contributed by atoms with Crippen molar-refractivity contribution < 1.29 is 19.0 Å². The molecule has 1 aliphatic rings. The van der Waals surface area contributed by atoms with Gasteiger partial charge in [0, 0.05) is 0 Å². The number of allylic oxidation sites excluding steroid dienone is 2. The third-order valence-electron chi connectivity index (χ3n) is 4.20. The Morgan fingerprint density at radius 2 is 2.26 bits per heavy atom. The molecule has 0 saturated heterocycles. The third-order valence-corrected chi connectivity index (χ3v) is 4.20. The van der Waals surface area contributed by atoms with Crippen LogP contribution in [0.4, 0.5) is 4.39 Å². The summed E-state index contributed by atoms with van der Waals surface area (Å²) in [5, 5.41) is 9.70. The second kappa shape index (κ2) is 5.95. The van der Waals surface area contributed by atoms with Gasteiger partial charge in [-0.2, -0.15) is 0 Å². The molecule has 0 spiro atoms. The fourth-order valence-corrected chi connectivity index (χ4v) is 2.75. The van der Waals surface area contributed by atoms with E-state index in [-0.39, 0.29) is 24.2 Å². The van der Waals surface area contributed by atoms with Crippen molar-refractivity contribution in [3.63, 3.8) is 0 Å². The number of hydrogen-bond acceptors (Lipinski definition) is 4. The standard InChI is InChI=1S/C16H19FN2O4/c1-5-6-18-8-12(20)19(15(18)22)9-23-14(21)13-11(7-10(2)17)16(13,3)4/h1,7-8,11,13,20H,6,9H2,2-4H3/t11-,13+/m1/s1. The Bertz CT molecular complexity index is 747. The molecule has 23 heavy (non-hydrogen) atoms. The first-order valence-corrected chi connectivity index (χ1v) is 7.13. The van der Waals surface area contributed by atoms with Gasteiger partial charge in [0.15, 0.2) is 6.73 Å². The summed E-state index contributed by atoms with van der Waals surface area (Å²) in [6.07, 6.45) is 7.70. The van der Waals surface area contributed by atoms with E-state index in [4.69, 9.17) is 11.2 Å². The van der Waals surface area contributed by atoms with Gasteiger partial charge in [0.05, 0.1) is 24.5 Å². The average molecular weight is 322 g/mol. The van der Waals surface area contributed by atoms with Crippen molar-refractivity contribution in [2.45, 2.75) is 34.0 Å². The molecule has 1 fully saturated rings. The Morgan fingerprint density at radius 1 is 1.61 bits per heavy atom. The lowest BCUT2D eigenvalue weighted by Gasteiger charge is -2.06. The molecule has 1 heterocycles. The maximum absolute atomic E-state index is 13.0. The zero-order valence-electron chi connectivity index (χ0n) is 13.2. The number of aromatic hydroxyl groups is 1. The number of rotatable bonds is 5. The van der Waals surface area contributed by atoms with Crippen LogP contribution in [0.5, 0.6) is 5.88 Å². The lowest BCUT2D eigenvalue weighted by molar-refractivity contribution is -0.150. The molecule has 0 amide bonds. The van der Waals surface area contributed by atoms with Crippen LogP contribution in [0.2, 0.25) is 0 Å². The summed E-state index contributed by atoms with van der Waals surface area (Å²) in [6, 6.07) is 0. The van der Waals surface area contributed by atoms with Crippen LogP contribution in [0.3, 0.4) is 0 Å². The Labute approximate surface area is 133 Å². The molecule has 0 aromatic carbocycles. The highest BCUT2D eigenvalue weighted by Crippen LogP contribution is 2.59. The van der Waals surface area contributed by atoms with Gasteiger partial charge in [0.1, 0.15) is 0 Å². The first-order chi connectivity index (χ1) is 10.7. The van der Waals surface area contributed by atoms with E-state index >= 15 is 0 Å². The fourth-order valence-electron chi connectivity index (χ4n) is 2.75. The minimum absolute atomic E-state index is 0.00560. The topological polar surface area (TPSA) is 73.5 Å². The summed E-state index contributed by atoms with van der Waals surface area (Å²) in [5.41, 5.74) is -0.966. The number of imidazole rings is 1. The van der Waals surface area contributed by atoms with E-state index in [9.17, 15) is 19.1 Å². The predicted molar refractivity (Wildman–Crippen MR) is 80.9 cm³/mol. The van der Waals surface area contributed by atoms with Crippen LogP contribution in [0.25, 0.3) is 0 Å². The lowest BCUT2D eigenvalue weighted by atomic mass is 10.1. The summed E-state index contributed by atoms with van der Waals surface area (Å²) in [5.74, 6) is 0.344. The van der Waals surface area contributed by atoms with Crippen LogP contribution in [-0.4, -0.2) is 20.2 Å². The maximum atomic E-state index is 13.0. The first-order valence-electron chi connectivity index (χ1n) is 7.13. The molecule has 0 radical (unpaired) electrons. The average Bonchev–Trinajstić information content (AvgIpc) is 2.85. The quantitative estimate of drug-likeness (QED) is 0.660. The molecule has 0 bridgehead atoms. The highest BCUT2D eigenvalue weighted by Gasteiger charge is 2.61. The van der Waals surface area contributed by atoms with Crippen LogP contribution in [0.1, 0.15) is 20.8 Å². The van der Waals surface area contributed by atoms with E-state index < -0.39 is 29.7 Å². The maximum Gasteiger partial charge on any atom is 0.334 e. The van der Waals surface area contributed by atoms with Gasteiger partial charge in [-0.25, -0.2) is 13.8 Å². The SMILES string of the molecule is C#CCn1cc(O)n(COC(=O)[C@@H]2[C@@H](C=C(C)F)C2(C)C)c1=O. The fraction of sp³-hybridized carbons (Fsp3) is 0.500. The summed E-state index contributed by atoms with van der Waals surface area (Å²) < 4.78 is 20.1. The van der Waals surface area contributed by atoms with Gasteiger partial charge < -0.3 is 9.84 Å². The van der Waals surface area contributed by atoms with Gasteiger partial charge in [-0.3, -0.25) is 9.36 Å². The molecule has 1 aliphatic carbocycles. The van der Waals surface area contributed by atoms with Crippen molar-refractivity contribution in [1.29, 1.82) is 0 Å². The van der Waals surface area contributed by atoms with Gasteiger partial charge in [0.2, 0.25) is 5.88 Å². The van der Waals surface area contributed by atoms with E-state index in [0.29, 0.717) is 0 Å². The molecule has 2 atom stereocenters. The normalized spacial score (nSPS) is 22.5. The van der Waals surface area contributed by atoms with E-state index in [0.717, 1.165) is 9.13 Å². The van der Waals surface area contributed by atoms with Gasteiger partial charge in [-0.1, -0.05) is 19.8 Å². The Kier molecular flexibility index (Phi) is 4.37. The van der Waals surface area contributed by atoms with E-state index in [1.54, 1.807) is 0 Å². The number of carbonyl (C=O) groups excluding carboxylic acids is 1. The molecule has 1 saturated carbocycles. The van der Waals surface area contributed by atoms with Gasteiger partial charge in [0.25, 0.3) is 0 Å². The number of hydrogen-bond donors (Lipinski definition) is 1. The number of aromatic nitrogens is 2. The molecule has 124 valence electrons. The Hall–Kier alpha value is -2.49. The Balaban J connectivity index is 2.05. The zero-order chi connectivity index (χ0) is 17.4. The molecular formula is C16H19FN2O4. The van der Waals surface area contributed by atoms with Crippen LogP contribution in [0.15, 0.2) is 22.9 Å². The van der Waals surface area contributed by atoms with Crippen molar-refractivity contribution in [2.75, 3.05) is 0 Å². The highest BCUT2D eigenvalue weighted by atomic mass is 19.1. The van der Waals surface area contributed by atoms with E-state index in [1.165, 1.54) is 19.2 Å². The monoisotopic (exact) mass is 322 g/mol. The molecule has 0 unspecified atom stereocenters. The molecule has 1 aromatic rings. The summed E-state index contributed by atoms with van der Waals surface area (Å²) in [7, 11) is 0. The predicted octanol–water partition coefficient (Wildman–Crippen LogP) is 1.63. The van der Waals surface area contributed by atoms with Crippen LogP contribution >= 0.6 is 0 Å². The molecule has 1 N–H and O–H groups in total. The zero-order valence-corrected chi connectivity index (χ0v) is 13.2. The third kappa shape index (κ3) is 3.16. The van der Waals surface area contributed by atoms with Gasteiger partial charge in [-0.15, -0.1) is 6.42 Å². The molecular weight excluding hydrogens is 303 g/mol. The van der Waals surface area contributed by atoms with Crippen molar-refractivity contribution in [3.05, 3.63) is 28.6 Å². The van der Waals surface area contributed by atoms with Crippen molar-refractivity contribution >= 4 is 5.97 Å². The number of nitrogens with zero attached hydrogens (tertiary/aromatic N) is 2. The lowest BCUT2D eigenvalue weighted by Crippen LogP contribution is -2.26. The molecule has 6 nitrogen and oxygen atoms in total. The Morgan fingerprint density at radius 3 is 2.83 bits per heavy atom. The van der Waals surface area contributed by atoms with Gasteiger partial charge >= 0.3 is 11.7 Å². The highest BCUT2D eigenvalue weighted by molar-refractivity contribution is 5.78. The largest absolute Gasteiger partial charge is 0.493 e. The minimum atomic E-state index is -0.570. The van der Waals surface area contributed by atoms with E-state index in [1.807, 2.05) is 13.8 Å². The van der Waals surface area contributed by atoms with Crippen molar-refractivity contribution in [1.82, 2.24) is 9.13 Å². The number of ether oxygens (including phenoxy) is 1. The van der Waals surface area contributed by atoms with Crippen LogP contribution < -0.4 is 5.69 Å². The van der Waals surface area contributed by atoms with Crippen LogP contribution in [-0.2, 0) is 22.8 Å². The van der Waals surface area contributed by atoms with Crippen molar-refractivity contribution in [3.8, 4) is 18.2 Å². The first kappa shape index (κ1) is 16.9. The summed E-state index contributed by atoms with van der Waals surface area (Å²) >= 11 is 0.